The maximum absolute atomic E-state index is 7.59. The first-order chi connectivity index (χ1) is 29.6. The van der Waals surface area contributed by atoms with Gasteiger partial charge in [-0.25, -0.2) is 0 Å². The van der Waals surface area contributed by atoms with Gasteiger partial charge in [-0.15, -0.1) is 0 Å². The number of hydrogen-bond acceptors (Lipinski definition) is 2. The van der Waals surface area contributed by atoms with Crippen LogP contribution < -0.4 is 9.47 Å². The molecule has 3 atom stereocenters. The average Bonchev–Trinajstić information content (AvgIpc) is 3.49. The molecule has 0 aromatic heterocycles. The fourth-order valence-corrected chi connectivity index (χ4v) is 12.8. The lowest BCUT2D eigenvalue weighted by atomic mass is 9.79. The normalized spacial score (nSPS) is 21.0. The summed E-state index contributed by atoms with van der Waals surface area (Å²) in [5.74, 6) is 2.57. The second-order valence-corrected chi connectivity index (χ2v) is 22.6. The predicted molar refractivity (Wildman–Crippen MR) is 263 cm³/mol. The fourth-order valence-electron chi connectivity index (χ4n) is 12.8. The van der Waals surface area contributed by atoms with Crippen molar-refractivity contribution in [3.63, 3.8) is 0 Å². The van der Waals surface area contributed by atoms with Gasteiger partial charge >= 0.3 is 6.03 Å². The molecule has 3 heterocycles. The zero-order valence-corrected chi connectivity index (χ0v) is 42.6. The molecule has 2 fully saturated rings. The van der Waals surface area contributed by atoms with Gasteiger partial charge in [0.25, 0.3) is 0 Å². The third-order valence-electron chi connectivity index (χ3n) is 15.5. The zero-order valence-electron chi connectivity index (χ0n) is 42.6. The van der Waals surface area contributed by atoms with Gasteiger partial charge in [0.15, 0.2) is 23.9 Å². The van der Waals surface area contributed by atoms with E-state index in [2.05, 4.69) is 136 Å². The van der Waals surface area contributed by atoms with Crippen molar-refractivity contribution in [2.75, 3.05) is 52.4 Å². The van der Waals surface area contributed by atoms with Crippen LogP contribution in [0.15, 0.2) is 24.3 Å². The summed E-state index contributed by atoms with van der Waals surface area (Å²) in [4.78, 5) is 0. The molecule has 1 saturated carbocycles. The SMILES string of the molecule is CCC[N+](CCC)(CCC)CCCC(CCC[N+](CCC)(CCC)CCC)c1cc2c(c(CC)c1)OC13Oc4c(cc(C(C)(C)C)cc4C(C)(C)C)C=[N+]1C1CCCCC1[N+]3=C2. The van der Waals surface area contributed by atoms with Crippen molar-refractivity contribution in [1.29, 1.82) is 0 Å². The quantitative estimate of drug-likeness (QED) is 0.0870. The summed E-state index contributed by atoms with van der Waals surface area (Å²) >= 11 is 0. The van der Waals surface area contributed by atoms with E-state index in [4.69, 9.17) is 9.47 Å². The maximum Gasteiger partial charge on any atom is 0.704 e. The predicted octanol–water partition coefficient (Wildman–Crippen LogP) is 12.9. The first kappa shape index (κ1) is 48.7. The number of benzene rings is 2. The molecule has 4 aliphatic rings. The van der Waals surface area contributed by atoms with Crippen LogP contribution in [0.1, 0.15) is 219 Å². The van der Waals surface area contributed by atoms with Crippen molar-refractivity contribution in [3.05, 3.63) is 57.6 Å². The van der Waals surface area contributed by atoms with E-state index in [0.29, 0.717) is 18.0 Å². The van der Waals surface area contributed by atoms with Crippen molar-refractivity contribution in [2.24, 2.45) is 0 Å². The maximum atomic E-state index is 7.59. The first-order valence-electron chi connectivity index (χ1n) is 26.3. The van der Waals surface area contributed by atoms with Crippen molar-refractivity contribution >= 4 is 12.4 Å². The Labute approximate surface area is 381 Å². The molecule has 2 aromatic carbocycles. The molecule has 0 N–H and O–H groups in total. The Bertz CT molecular complexity index is 1810. The Balaban J connectivity index is 1.42. The number of ether oxygens (including phenoxy) is 2. The minimum Gasteiger partial charge on any atom is -0.340 e. The molecule has 3 aliphatic heterocycles. The summed E-state index contributed by atoms with van der Waals surface area (Å²) in [6.07, 6.45) is 23.5. The largest absolute Gasteiger partial charge is 0.704 e. The number of hydrogen-bond donors (Lipinski definition) is 0. The van der Waals surface area contributed by atoms with Crippen LogP contribution in [0.2, 0.25) is 0 Å². The van der Waals surface area contributed by atoms with Crippen LogP contribution in [0.5, 0.6) is 11.5 Å². The smallest absolute Gasteiger partial charge is 0.340 e. The summed E-state index contributed by atoms with van der Waals surface area (Å²) in [6.45, 7) is 41.2. The first-order valence-corrected chi connectivity index (χ1v) is 26.3. The Morgan fingerprint density at radius 3 is 1.45 bits per heavy atom. The molecule has 1 spiro atoms. The van der Waals surface area contributed by atoms with Crippen molar-refractivity contribution in [3.8, 4) is 11.5 Å². The zero-order chi connectivity index (χ0) is 44.9. The minimum absolute atomic E-state index is 0.0353. The molecule has 3 unspecified atom stereocenters. The van der Waals surface area contributed by atoms with Gasteiger partial charge in [0.2, 0.25) is 12.1 Å². The fraction of sp³-hybridized carbons (Fsp3) is 0.750. The van der Waals surface area contributed by atoms with Crippen LogP contribution in [-0.2, 0) is 17.3 Å². The van der Waals surface area contributed by atoms with E-state index in [1.165, 1.54) is 172 Å². The average molecular weight is 855 g/mol. The lowest BCUT2D eigenvalue weighted by molar-refractivity contribution is -0.928. The van der Waals surface area contributed by atoms with Crippen molar-refractivity contribution < 1.29 is 27.6 Å². The van der Waals surface area contributed by atoms with E-state index < -0.39 is 6.03 Å². The Hall–Kier alpha value is -2.70. The third-order valence-corrected chi connectivity index (χ3v) is 15.5. The Morgan fingerprint density at radius 2 is 1.03 bits per heavy atom. The minimum atomic E-state index is -1.02. The summed E-state index contributed by atoms with van der Waals surface area (Å²) in [7, 11) is 0. The van der Waals surface area contributed by atoms with Gasteiger partial charge < -0.3 is 18.4 Å². The highest BCUT2D eigenvalue weighted by molar-refractivity contribution is 5.85. The van der Waals surface area contributed by atoms with Crippen LogP contribution in [0.3, 0.4) is 0 Å². The number of nitrogens with zero attached hydrogens (tertiary/aromatic N) is 4. The van der Waals surface area contributed by atoms with E-state index in [-0.39, 0.29) is 10.8 Å². The van der Waals surface area contributed by atoms with Crippen LogP contribution >= 0.6 is 0 Å². The van der Waals surface area contributed by atoms with E-state index in [1.807, 2.05) is 0 Å². The van der Waals surface area contributed by atoms with E-state index in [0.717, 1.165) is 30.8 Å². The molecule has 0 radical (unpaired) electrons. The van der Waals surface area contributed by atoms with E-state index in [1.54, 1.807) is 0 Å². The van der Waals surface area contributed by atoms with Crippen LogP contribution in [-0.4, -0.2) is 101 Å². The second kappa shape index (κ2) is 20.2. The topological polar surface area (TPSA) is 24.5 Å². The molecule has 6 heteroatoms. The highest BCUT2D eigenvalue weighted by Crippen LogP contribution is 2.49. The van der Waals surface area contributed by atoms with Gasteiger partial charge in [-0.2, -0.15) is 0 Å². The van der Waals surface area contributed by atoms with Gasteiger partial charge in [0.1, 0.15) is 0 Å². The molecule has 346 valence electrons. The second-order valence-electron chi connectivity index (χ2n) is 22.6. The Morgan fingerprint density at radius 1 is 0.581 bits per heavy atom. The van der Waals surface area contributed by atoms with Crippen LogP contribution in [0.4, 0.5) is 0 Å². The third kappa shape index (κ3) is 10.1. The van der Waals surface area contributed by atoms with Crippen LogP contribution in [0, 0.1) is 0 Å². The Kier molecular flexibility index (Phi) is 15.9. The molecule has 1 aliphatic carbocycles. The molecule has 2 aromatic rings. The molecular formula is C56H94N4O2+4. The molecule has 1 saturated heterocycles. The van der Waals surface area contributed by atoms with Crippen molar-refractivity contribution in [1.82, 2.24) is 0 Å². The molecule has 6 rings (SSSR count). The summed E-state index contributed by atoms with van der Waals surface area (Å²) < 4.78 is 22.8. The number of fused-ring (bicyclic) bond motifs is 5. The van der Waals surface area contributed by atoms with E-state index >= 15 is 0 Å². The monoisotopic (exact) mass is 855 g/mol. The summed E-state index contributed by atoms with van der Waals surface area (Å²) in [5, 5.41) is 0. The van der Waals surface area contributed by atoms with Gasteiger partial charge in [-0.3, -0.25) is 0 Å². The molecule has 62 heavy (non-hydrogen) atoms. The lowest BCUT2D eigenvalue weighted by Gasteiger charge is -2.39. The highest BCUT2D eigenvalue weighted by atomic mass is 16.7. The summed E-state index contributed by atoms with van der Waals surface area (Å²) in [6, 6.07) is 9.62. The van der Waals surface area contributed by atoms with Crippen LogP contribution in [0.25, 0.3) is 0 Å². The van der Waals surface area contributed by atoms with Gasteiger partial charge in [0.05, 0.1) is 63.5 Å². The number of rotatable bonds is 22. The molecule has 6 nitrogen and oxygen atoms in total. The number of quaternary nitrogens is 2. The van der Waals surface area contributed by atoms with Crippen molar-refractivity contribution in [2.45, 2.75) is 221 Å². The summed E-state index contributed by atoms with van der Waals surface area (Å²) in [5.41, 5.74) is 7.90. The van der Waals surface area contributed by atoms with Gasteiger partial charge in [-0.05, 0) is 129 Å². The highest BCUT2D eigenvalue weighted by Gasteiger charge is 2.76. The van der Waals surface area contributed by atoms with E-state index in [9.17, 15) is 0 Å². The van der Waals surface area contributed by atoms with Gasteiger partial charge in [-0.1, -0.05) is 111 Å². The molecule has 0 bridgehead atoms. The lowest BCUT2D eigenvalue weighted by Crippen LogP contribution is -2.60. The molecule has 0 amide bonds. The molecular weight excluding hydrogens is 761 g/mol. The van der Waals surface area contributed by atoms with Gasteiger partial charge in [0, 0.05) is 18.4 Å². The standard InChI is InChI=1S/C56H94N4O2/c1-14-29-59(30-15-2,31-16-3)35-23-25-44(26-24-36-60(32-17-4,33-18-5)34-19-6)45-37-43(20-7)52-46(38-45)41-57-50-27-21-22-28-51(50)58-42-47-39-48(54(8,9)10)40-49(55(11,12)13)53(47)62-56(57,58)61-52/h37-42,44,50-51H,14-36H2,1-13H3/q+4. The number of aryl methyl sites for hydroxylation is 1.